The third kappa shape index (κ3) is 7.31. The van der Waals surface area contributed by atoms with Crippen LogP contribution in [0.1, 0.15) is 64.6 Å². The van der Waals surface area contributed by atoms with Gasteiger partial charge in [-0.3, -0.25) is 4.98 Å². The topological polar surface area (TPSA) is 62.7 Å². The number of unbranched alkanes of at least 4 members (excludes halogenated alkanes) is 1. The molecule has 142 valence electrons. The summed E-state index contributed by atoms with van der Waals surface area (Å²) in [6, 6.07) is 3.80. The first-order valence-electron chi connectivity index (χ1n) is 9.75. The van der Waals surface area contributed by atoms with E-state index < -0.39 is 11.2 Å². The number of piperidine rings is 1. The van der Waals surface area contributed by atoms with Crippen molar-refractivity contribution in [2.24, 2.45) is 0 Å². The van der Waals surface area contributed by atoms with Crippen LogP contribution >= 0.6 is 0 Å². The van der Waals surface area contributed by atoms with Crippen LogP contribution in [0.25, 0.3) is 0 Å². The molecule has 1 aliphatic rings. The van der Waals surface area contributed by atoms with Crippen molar-refractivity contribution in [2.75, 3.05) is 13.1 Å². The first kappa shape index (κ1) is 23.0. The van der Waals surface area contributed by atoms with E-state index in [1.54, 1.807) is 11.1 Å². The van der Waals surface area contributed by atoms with Gasteiger partial charge in [0.25, 0.3) is 0 Å². The second-order valence-corrected chi connectivity index (χ2v) is 8.02. The Morgan fingerprint density at radius 3 is 2.42 bits per heavy atom. The van der Waals surface area contributed by atoms with Gasteiger partial charge in [-0.1, -0.05) is 6.07 Å². The monoisotopic (exact) mass is 356 g/mol. The summed E-state index contributed by atoms with van der Waals surface area (Å²) in [7, 11) is 0. The van der Waals surface area contributed by atoms with Gasteiger partial charge in [-0.25, -0.2) is 4.79 Å². The minimum atomic E-state index is -0.955. The first-order chi connectivity index (χ1) is 12.1. The first-order valence-corrected chi connectivity index (χ1v) is 9.75. The van der Waals surface area contributed by atoms with Gasteiger partial charge in [-0.15, -0.1) is 0 Å². The number of carbonyl (C=O) groups is 1. The number of hydrogen-bond donors (Lipinski definition) is 1. The van der Waals surface area contributed by atoms with E-state index in [1.807, 2.05) is 39.8 Å². The molecule has 1 N–H and O–H groups in total. The maximum atomic E-state index is 12.0. The fourth-order valence-electron chi connectivity index (χ4n) is 2.95. The quantitative estimate of drug-likeness (QED) is 0.832. The number of amides is 1. The Morgan fingerprint density at radius 1 is 1.38 bits per heavy atom. The van der Waals surface area contributed by atoms with Crippen molar-refractivity contribution in [1.82, 2.24) is 9.88 Å². The van der Waals surface area contributed by atoms with Gasteiger partial charge < -0.3 is 14.7 Å². The van der Waals surface area contributed by atoms with Crippen molar-refractivity contribution in [1.29, 1.82) is 0 Å². The molecule has 1 saturated heterocycles. The summed E-state index contributed by atoms with van der Waals surface area (Å²) in [6.45, 7) is 10.7. The van der Waals surface area contributed by atoms with Gasteiger partial charge in [0.05, 0.1) is 5.69 Å². The van der Waals surface area contributed by atoms with Crippen LogP contribution in [0.15, 0.2) is 18.3 Å². The summed E-state index contributed by atoms with van der Waals surface area (Å²) in [6.07, 6.45) is 5.06. The molecule has 0 radical (unpaired) electrons. The average molecular weight is 356 g/mol. The number of hydrogen-bond acceptors (Lipinski definition) is 4. The molecular weight excluding hydrogens is 323 g/mol. The summed E-state index contributed by atoms with van der Waals surface area (Å²) in [5, 5.41) is 12.2. The molecule has 1 aliphatic heterocycles. The average Bonchev–Trinajstić information content (AvgIpc) is 2.55. The Balaban J connectivity index is 0.000000597. The van der Waals surface area contributed by atoms with Crippen molar-refractivity contribution in [2.45, 2.75) is 76.6 Å². The fourth-order valence-corrected chi connectivity index (χ4v) is 2.95. The molecule has 2 rings (SSSR count). The Labute approximate surface area is 167 Å². The zero-order chi connectivity index (χ0) is 19.8. The van der Waals surface area contributed by atoms with Crippen molar-refractivity contribution in [3.63, 3.8) is 0 Å². The number of aryl methyl sites for hydroxylation is 1. The number of nitrogens with zero attached hydrogens (tertiary/aromatic N) is 2. The maximum absolute atomic E-state index is 12.0. The van der Waals surface area contributed by atoms with E-state index in [0.29, 0.717) is 31.6 Å². The van der Waals surface area contributed by atoms with Crippen molar-refractivity contribution in [3.05, 3.63) is 29.6 Å². The van der Waals surface area contributed by atoms with Gasteiger partial charge in [0.1, 0.15) is 11.2 Å². The molecule has 0 unspecified atom stereocenters. The third-order valence-electron chi connectivity index (χ3n) is 4.40. The van der Waals surface area contributed by atoms with E-state index in [9.17, 15) is 9.90 Å². The molecular formula is C20H33LiN2O3. The van der Waals surface area contributed by atoms with Crippen molar-refractivity contribution in [3.8, 4) is 0 Å². The molecule has 26 heavy (non-hydrogen) atoms. The minimum absolute atomic E-state index is 0.317. The second kappa shape index (κ2) is 10.3. The number of rotatable bonds is 3. The summed E-state index contributed by atoms with van der Waals surface area (Å²) in [5.74, 6) is 0. The zero-order valence-corrected chi connectivity index (χ0v) is 17.3. The molecule has 1 aromatic heterocycles. The summed E-state index contributed by atoms with van der Waals surface area (Å²) >= 11 is 2.21. The summed E-state index contributed by atoms with van der Waals surface area (Å²) < 4.78 is 5.36. The predicted molar refractivity (Wildman–Crippen MR) is 105 cm³/mol. The van der Waals surface area contributed by atoms with Gasteiger partial charge in [0.2, 0.25) is 0 Å². The Hall–Kier alpha value is -1.02. The van der Waals surface area contributed by atoms with Gasteiger partial charge >= 0.3 is 48.7 Å². The van der Waals surface area contributed by atoms with E-state index in [1.165, 1.54) is 17.9 Å². The normalized spacial score (nSPS) is 16.5. The Morgan fingerprint density at radius 2 is 2.00 bits per heavy atom. The number of aliphatic hydroxyl groups is 1. The summed E-state index contributed by atoms with van der Waals surface area (Å²) in [5.41, 5.74) is 0.242. The molecule has 0 spiro atoms. The van der Waals surface area contributed by atoms with E-state index in [4.69, 9.17) is 4.74 Å². The number of carbonyl (C=O) groups excluding carboxylic acids is 1. The van der Waals surface area contributed by atoms with Gasteiger partial charge in [-0.2, -0.15) is 0 Å². The van der Waals surface area contributed by atoms with Crippen molar-refractivity contribution < 1.29 is 14.6 Å². The van der Waals surface area contributed by atoms with Crippen LogP contribution in [0.4, 0.5) is 4.79 Å². The van der Waals surface area contributed by atoms with Crippen LogP contribution in [0.3, 0.4) is 0 Å². The molecule has 1 aromatic rings. The molecule has 5 nitrogen and oxygen atoms in total. The van der Waals surface area contributed by atoms with Crippen LogP contribution in [-0.4, -0.2) is 57.5 Å². The predicted octanol–water partition coefficient (Wildman–Crippen LogP) is 3.98. The zero-order valence-electron chi connectivity index (χ0n) is 17.3. The van der Waals surface area contributed by atoms with Crippen LogP contribution in [0, 0.1) is 6.92 Å². The van der Waals surface area contributed by atoms with Crippen LogP contribution in [0.2, 0.25) is 5.09 Å². The number of ether oxygens (including phenoxy) is 1. The molecule has 6 heteroatoms. The summed E-state index contributed by atoms with van der Waals surface area (Å²) in [4.78, 5) is 18.0. The molecule has 0 aliphatic carbocycles. The SMILES string of the molecule is Cc1cccnc1C1(O)CCN(C(=O)OC(C)(C)C)CC1.[Li][CH2]CCC. The number of likely N-dealkylation sites (tertiary alicyclic amines) is 1. The van der Waals surface area contributed by atoms with Gasteiger partial charge in [-0.05, 0) is 52.2 Å². The Bertz CT molecular complexity index is 562. The van der Waals surface area contributed by atoms with E-state index in [0.717, 1.165) is 5.56 Å². The molecule has 0 bridgehead atoms. The number of pyridine rings is 1. The fraction of sp³-hybridized carbons (Fsp3) is 0.700. The van der Waals surface area contributed by atoms with Gasteiger partial charge in [0, 0.05) is 19.3 Å². The molecule has 1 fully saturated rings. The Kier molecular flexibility index (Phi) is 9.16. The number of aromatic nitrogens is 1. The standard InChI is InChI=1S/C16H24N2O3.C4H9.Li/c1-12-6-5-9-17-13(12)16(20)7-10-18(11-8-16)14(19)21-15(2,3)4;1-3-4-2;/h5-6,9,20H,7-8,10-11H2,1-4H3;1,3-4H2,2H3;. The van der Waals surface area contributed by atoms with E-state index >= 15 is 0 Å². The van der Waals surface area contributed by atoms with E-state index in [2.05, 4.69) is 29.6 Å². The van der Waals surface area contributed by atoms with Crippen LogP contribution in [0.5, 0.6) is 0 Å². The third-order valence-corrected chi connectivity index (χ3v) is 4.40. The van der Waals surface area contributed by atoms with Gasteiger partial charge in [0.15, 0.2) is 0 Å². The molecule has 0 atom stereocenters. The van der Waals surface area contributed by atoms with E-state index in [-0.39, 0.29) is 6.09 Å². The molecule has 1 amide bonds. The second-order valence-electron chi connectivity index (χ2n) is 8.02. The van der Waals surface area contributed by atoms with Crippen LogP contribution in [-0.2, 0) is 10.3 Å². The molecule has 0 aromatic carbocycles. The van der Waals surface area contributed by atoms with Crippen LogP contribution < -0.4 is 0 Å². The van der Waals surface area contributed by atoms with Crippen molar-refractivity contribution >= 4 is 23.8 Å². The molecule has 2 heterocycles. The molecule has 0 saturated carbocycles.